The van der Waals surface area contributed by atoms with Crippen LogP contribution in [-0.4, -0.2) is 32.6 Å². The van der Waals surface area contributed by atoms with E-state index in [0.29, 0.717) is 11.1 Å². The smallest absolute Gasteiger partial charge is 0.402 e. The third-order valence-corrected chi connectivity index (χ3v) is 3.37. The zero-order valence-corrected chi connectivity index (χ0v) is 13.1. The van der Waals surface area contributed by atoms with Gasteiger partial charge in [0, 0.05) is 24.3 Å². The van der Waals surface area contributed by atoms with E-state index in [1.54, 1.807) is 0 Å². The number of phenols is 4. The number of phenolic OH excluding ortho intramolecular Hbond substituents is 4. The maximum absolute atomic E-state index is 10.2. The molecular weight excluding hydrogens is 340 g/mol. The molecule has 3 rings (SSSR count). The Morgan fingerprint density at radius 1 is 0.833 bits per heavy atom. The Bertz CT molecular complexity index is 901. The van der Waals surface area contributed by atoms with E-state index in [9.17, 15) is 25.5 Å². The maximum Gasteiger partial charge on any atom is 0.402 e. The van der Waals surface area contributed by atoms with Crippen molar-refractivity contribution in [1.82, 2.24) is 0 Å². The molecule has 0 saturated carbocycles. The summed E-state index contributed by atoms with van der Waals surface area (Å²) in [5.74, 6) is -1.92. The number of aromatic hydroxyl groups is 5. The topological polar surface area (TPSA) is 122 Å². The number of hydrogen-bond donors (Lipinski definition) is 5. The molecule has 0 aliphatic heterocycles. The molecule has 0 spiro atoms. The minimum Gasteiger partial charge on any atom is -1.00 e. The Labute approximate surface area is 142 Å². The lowest BCUT2D eigenvalue weighted by atomic mass is 10.1. The first-order valence-electron chi connectivity index (χ1n) is 6.53. The second kappa shape index (κ2) is 6.21. The first-order chi connectivity index (χ1) is 10.9. The largest absolute Gasteiger partial charge is 1.00 e. The van der Waals surface area contributed by atoms with Gasteiger partial charge in [-0.15, -0.1) is 0 Å². The summed E-state index contributed by atoms with van der Waals surface area (Å²) in [5.41, 5.74) is 0.362. The molecule has 5 N–H and O–H groups in total. The van der Waals surface area contributed by atoms with Crippen LogP contribution in [0.4, 0.5) is 0 Å². The lowest BCUT2D eigenvalue weighted by Gasteiger charge is -2.04. The molecule has 0 amide bonds. The summed E-state index contributed by atoms with van der Waals surface area (Å²) in [6, 6.07) is 6.32. The molecule has 0 aliphatic carbocycles. The van der Waals surface area contributed by atoms with Crippen LogP contribution in [0.2, 0.25) is 0 Å². The van der Waals surface area contributed by atoms with Crippen LogP contribution in [0, 0.1) is 0 Å². The van der Waals surface area contributed by atoms with E-state index in [2.05, 4.69) is 0 Å². The van der Waals surface area contributed by atoms with Crippen LogP contribution in [0.1, 0.15) is 0 Å². The van der Waals surface area contributed by atoms with Crippen molar-refractivity contribution >= 4 is 11.0 Å². The number of methoxy groups -OCH3 is 1. The Morgan fingerprint density at radius 3 is 2.04 bits per heavy atom. The van der Waals surface area contributed by atoms with E-state index < -0.39 is 17.2 Å². The minimum absolute atomic E-state index is 0. The van der Waals surface area contributed by atoms with Crippen LogP contribution >= 0.6 is 0 Å². The van der Waals surface area contributed by atoms with E-state index in [1.165, 1.54) is 25.3 Å². The van der Waals surface area contributed by atoms with E-state index in [4.69, 9.17) is 9.15 Å². The van der Waals surface area contributed by atoms with Crippen molar-refractivity contribution in [2.45, 2.75) is 0 Å². The third kappa shape index (κ3) is 2.77. The molecule has 1 heterocycles. The Kier molecular flexibility index (Phi) is 4.48. The van der Waals surface area contributed by atoms with Crippen molar-refractivity contribution in [3.8, 4) is 45.8 Å². The Morgan fingerprint density at radius 2 is 1.46 bits per heavy atom. The maximum atomic E-state index is 10.2. The van der Waals surface area contributed by atoms with Crippen molar-refractivity contribution in [2.75, 3.05) is 7.11 Å². The number of ether oxygens (including phenoxy) is 1. The van der Waals surface area contributed by atoms with Gasteiger partial charge in [0.1, 0.15) is 16.9 Å². The van der Waals surface area contributed by atoms with E-state index >= 15 is 0 Å². The molecule has 24 heavy (non-hydrogen) atoms. The van der Waals surface area contributed by atoms with Gasteiger partial charge in [-0.25, -0.2) is 4.42 Å². The van der Waals surface area contributed by atoms with Gasteiger partial charge in [-0.05, 0) is 0 Å². The Hall–Kier alpha value is -3.06. The highest BCUT2D eigenvalue weighted by molar-refractivity contribution is 5.88. The van der Waals surface area contributed by atoms with Gasteiger partial charge in [0.15, 0.2) is 17.2 Å². The van der Waals surface area contributed by atoms with Gasteiger partial charge >= 0.3 is 11.3 Å². The lowest BCUT2D eigenvalue weighted by Crippen LogP contribution is -3.00. The molecule has 1 aromatic heterocycles. The van der Waals surface area contributed by atoms with E-state index in [1.807, 2.05) is 0 Å². The quantitative estimate of drug-likeness (QED) is 0.323. The predicted octanol–water partition coefficient (Wildman–Crippen LogP) is -0.0785. The van der Waals surface area contributed by atoms with Crippen LogP contribution in [0.15, 0.2) is 34.7 Å². The zero-order chi connectivity index (χ0) is 16.7. The minimum atomic E-state index is -0.673. The summed E-state index contributed by atoms with van der Waals surface area (Å²) in [7, 11) is 1.41. The molecule has 126 valence electrons. The predicted molar refractivity (Wildman–Crippen MR) is 80.9 cm³/mol. The van der Waals surface area contributed by atoms with E-state index in [-0.39, 0.29) is 40.8 Å². The highest BCUT2D eigenvalue weighted by Gasteiger charge is 2.26. The highest BCUT2D eigenvalue weighted by atomic mass is 35.5. The zero-order valence-electron chi connectivity index (χ0n) is 12.3. The summed E-state index contributed by atoms with van der Waals surface area (Å²) in [6.45, 7) is 0. The summed E-state index contributed by atoms with van der Waals surface area (Å²) in [5, 5.41) is 48.8. The molecule has 7 nitrogen and oxygen atoms in total. The molecular formula is C16H13ClO7. The van der Waals surface area contributed by atoms with Gasteiger partial charge in [0.2, 0.25) is 5.75 Å². The second-order valence-electron chi connectivity index (χ2n) is 4.88. The van der Waals surface area contributed by atoms with Crippen molar-refractivity contribution in [2.24, 2.45) is 0 Å². The number of halogens is 1. The molecule has 0 atom stereocenters. The molecule has 0 fully saturated rings. The molecule has 0 bridgehead atoms. The van der Waals surface area contributed by atoms with E-state index in [0.717, 1.165) is 12.1 Å². The van der Waals surface area contributed by atoms with Gasteiger partial charge in [0.25, 0.3) is 0 Å². The van der Waals surface area contributed by atoms with Crippen molar-refractivity contribution in [1.29, 1.82) is 0 Å². The first kappa shape index (κ1) is 17.3. The van der Waals surface area contributed by atoms with Gasteiger partial charge in [0.05, 0.1) is 18.7 Å². The van der Waals surface area contributed by atoms with Crippen LogP contribution in [0.25, 0.3) is 22.3 Å². The fourth-order valence-electron chi connectivity index (χ4n) is 2.29. The lowest BCUT2D eigenvalue weighted by molar-refractivity contribution is -0.00000997. The average Bonchev–Trinajstić information content (AvgIpc) is 2.51. The second-order valence-corrected chi connectivity index (χ2v) is 4.88. The van der Waals surface area contributed by atoms with Gasteiger partial charge in [-0.2, -0.15) is 0 Å². The van der Waals surface area contributed by atoms with Crippen molar-refractivity contribution in [3.63, 3.8) is 0 Å². The summed E-state index contributed by atoms with van der Waals surface area (Å²) in [6.07, 6.45) is 0. The Balaban J connectivity index is 0.00000208. The van der Waals surface area contributed by atoms with Gasteiger partial charge < -0.3 is 42.7 Å². The molecule has 0 saturated heterocycles. The number of fused-ring (bicyclic) bond motifs is 1. The SMILES string of the molecule is COc1cc(O)cc2[o+]c(-c3cc(O)c(O)c(O)c3)c(O)cc12.[Cl-]. The monoisotopic (exact) mass is 352 g/mol. The summed E-state index contributed by atoms with van der Waals surface area (Å²) >= 11 is 0. The fraction of sp³-hybridized carbons (Fsp3) is 0.0625. The number of rotatable bonds is 2. The van der Waals surface area contributed by atoms with Crippen LogP contribution in [0.3, 0.4) is 0 Å². The average molecular weight is 353 g/mol. The van der Waals surface area contributed by atoms with Crippen LogP contribution < -0.4 is 17.1 Å². The molecule has 0 unspecified atom stereocenters. The molecule has 2 aromatic carbocycles. The van der Waals surface area contributed by atoms with Crippen molar-refractivity contribution < 1.29 is 47.1 Å². The fourth-order valence-corrected chi connectivity index (χ4v) is 2.29. The van der Waals surface area contributed by atoms with Gasteiger partial charge in [-0.3, -0.25) is 0 Å². The highest BCUT2D eigenvalue weighted by Crippen LogP contribution is 2.43. The first-order valence-corrected chi connectivity index (χ1v) is 6.53. The number of hydrogen-bond acceptors (Lipinski definition) is 6. The summed E-state index contributed by atoms with van der Waals surface area (Å²) in [4.78, 5) is 0. The number of benzene rings is 2. The summed E-state index contributed by atoms with van der Waals surface area (Å²) < 4.78 is 10.7. The third-order valence-electron chi connectivity index (χ3n) is 3.37. The molecule has 8 heteroatoms. The van der Waals surface area contributed by atoms with Crippen LogP contribution in [0.5, 0.6) is 34.5 Å². The van der Waals surface area contributed by atoms with Crippen LogP contribution in [-0.2, 0) is 0 Å². The molecule has 0 aliphatic rings. The van der Waals surface area contributed by atoms with Crippen molar-refractivity contribution in [3.05, 3.63) is 30.3 Å². The standard InChI is InChI=1S/C16H12O7.ClH/c1-22-13-4-8(17)5-14-9(13)6-12(20)16(23-14)7-2-10(18)15(21)11(19)3-7;/h2-6H,1H3,(H4-,17,18,19,20,21);1H. The normalized spacial score (nSPS) is 10.4. The molecule has 3 aromatic rings. The van der Waals surface area contributed by atoms with Gasteiger partial charge in [-0.1, -0.05) is 0 Å². The molecule has 0 radical (unpaired) electrons.